The number of rotatable bonds is 7. The fourth-order valence-electron chi connectivity index (χ4n) is 1.63. The van der Waals surface area contributed by atoms with Crippen molar-refractivity contribution in [1.82, 2.24) is 9.97 Å². The molecule has 2 N–H and O–H groups in total. The Bertz CT molecular complexity index is 411. The van der Waals surface area contributed by atoms with Crippen molar-refractivity contribution in [1.29, 1.82) is 0 Å². The van der Waals surface area contributed by atoms with E-state index in [2.05, 4.69) is 15.3 Å². The van der Waals surface area contributed by atoms with E-state index >= 15 is 0 Å². The second kappa shape index (κ2) is 6.18. The molecule has 1 aromatic rings. The fourth-order valence-corrected chi connectivity index (χ4v) is 1.63. The Morgan fingerprint density at radius 3 is 2.78 bits per heavy atom. The molecule has 0 amide bonds. The van der Waals surface area contributed by atoms with Crippen LogP contribution < -0.4 is 10.1 Å². The van der Waals surface area contributed by atoms with Crippen LogP contribution >= 0.6 is 0 Å². The van der Waals surface area contributed by atoms with E-state index in [0.717, 1.165) is 6.42 Å². The van der Waals surface area contributed by atoms with Gasteiger partial charge < -0.3 is 15.2 Å². The zero-order chi connectivity index (χ0) is 13.6. The molecule has 0 aliphatic rings. The first-order valence-corrected chi connectivity index (χ1v) is 5.98. The maximum atomic E-state index is 11.3. The van der Waals surface area contributed by atoms with Gasteiger partial charge in [0.25, 0.3) is 0 Å². The van der Waals surface area contributed by atoms with Crippen LogP contribution in [-0.2, 0) is 4.79 Å². The minimum absolute atomic E-state index is 0.381. The van der Waals surface area contributed by atoms with E-state index in [1.165, 1.54) is 12.4 Å². The molecular formula is C12H19N3O3. The average molecular weight is 253 g/mol. The van der Waals surface area contributed by atoms with Gasteiger partial charge in [-0.15, -0.1) is 0 Å². The molecule has 0 aliphatic heterocycles. The SMILES string of the molecule is CCCC(C)(Nc1cncc(OCC)n1)C(=O)O. The number of hydrogen-bond acceptors (Lipinski definition) is 5. The second-order valence-corrected chi connectivity index (χ2v) is 4.19. The predicted molar refractivity (Wildman–Crippen MR) is 67.8 cm³/mol. The van der Waals surface area contributed by atoms with Gasteiger partial charge in [-0.25, -0.2) is 4.79 Å². The first-order chi connectivity index (χ1) is 8.51. The first kappa shape index (κ1) is 14.2. The molecule has 6 heteroatoms. The van der Waals surface area contributed by atoms with E-state index in [4.69, 9.17) is 4.74 Å². The summed E-state index contributed by atoms with van der Waals surface area (Å²) in [6.07, 6.45) is 4.24. The van der Waals surface area contributed by atoms with Crippen LogP contribution in [0.25, 0.3) is 0 Å². The van der Waals surface area contributed by atoms with Gasteiger partial charge in [0.15, 0.2) is 0 Å². The lowest BCUT2D eigenvalue weighted by Gasteiger charge is -2.26. The van der Waals surface area contributed by atoms with Crippen LogP contribution in [0.3, 0.4) is 0 Å². The number of aliphatic carboxylic acids is 1. The molecule has 100 valence electrons. The van der Waals surface area contributed by atoms with Gasteiger partial charge in [0, 0.05) is 0 Å². The molecule has 6 nitrogen and oxygen atoms in total. The van der Waals surface area contributed by atoms with Crippen molar-refractivity contribution in [2.75, 3.05) is 11.9 Å². The molecule has 1 unspecified atom stereocenters. The van der Waals surface area contributed by atoms with Crippen LogP contribution in [0, 0.1) is 0 Å². The van der Waals surface area contributed by atoms with E-state index in [1.54, 1.807) is 6.92 Å². The lowest BCUT2D eigenvalue weighted by atomic mass is 9.96. The second-order valence-electron chi connectivity index (χ2n) is 4.19. The molecule has 1 heterocycles. The summed E-state index contributed by atoms with van der Waals surface area (Å²) in [4.78, 5) is 19.4. The van der Waals surface area contributed by atoms with E-state index in [0.29, 0.717) is 24.7 Å². The predicted octanol–water partition coefficient (Wildman–Crippen LogP) is 1.93. The van der Waals surface area contributed by atoms with Gasteiger partial charge in [-0.2, -0.15) is 4.98 Å². The number of carboxylic acids is 1. The number of nitrogens with zero attached hydrogens (tertiary/aromatic N) is 2. The Hall–Kier alpha value is -1.85. The average Bonchev–Trinajstić information content (AvgIpc) is 2.30. The zero-order valence-electron chi connectivity index (χ0n) is 10.9. The summed E-state index contributed by atoms with van der Waals surface area (Å²) in [7, 11) is 0. The number of carbonyl (C=O) groups is 1. The molecule has 0 saturated carbocycles. The van der Waals surface area contributed by atoms with Gasteiger partial charge >= 0.3 is 5.97 Å². The van der Waals surface area contributed by atoms with Gasteiger partial charge in [0.2, 0.25) is 5.88 Å². The highest BCUT2D eigenvalue weighted by molar-refractivity contribution is 5.81. The normalized spacial score (nSPS) is 13.7. The van der Waals surface area contributed by atoms with Crippen LogP contribution in [0.15, 0.2) is 12.4 Å². The molecule has 18 heavy (non-hydrogen) atoms. The minimum Gasteiger partial charge on any atom is -0.480 e. The Kier molecular flexibility index (Phi) is 4.88. The molecule has 0 spiro atoms. The van der Waals surface area contributed by atoms with Gasteiger partial charge in [-0.05, 0) is 20.3 Å². The topological polar surface area (TPSA) is 84.3 Å². The summed E-state index contributed by atoms with van der Waals surface area (Å²) in [6.45, 7) is 5.91. The van der Waals surface area contributed by atoms with Crippen molar-refractivity contribution in [2.45, 2.75) is 39.2 Å². The lowest BCUT2D eigenvalue weighted by molar-refractivity contribution is -0.142. The molecule has 0 bridgehead atoms. The lowest BCUT2D eigenvalue weighted by Crippen LogP contribution is -2.43. The Labute approximate surface area is 106 Å². The largest absolute Gasteiger partial charge is 0.480 e. The van der Waals surface area contributed by atoms with Crippen molar-refractivity contribution >= 4 is 11.8 Å². The first-order valence-electron chi connectivity index (χ1n) is 5.98. The Morgan fingerprint density at radius 1 is 1.50 bits per heavy atom. The highest BCUT2D eigenvalue weighted by Gasteiger charge is 2.32. The third-order valence-corrected chi connectivity index (χ3v) is 2.53. The summed E-state index contributed by atoms with van der Waals surface area (Å²) in [5.74, 6) is -0.126. The number of ether oxygens (including phenoxy) is 1. The highest BCUT2D eigenvalue weighted by Crippen LogP contribution is 2.20. The monoisotopic (exact) mass is 253 g/mol. The fraction of sp³-hybridized carbons (Fsp3) is 0.583. The summed E-state index contributed by atoms with van der Waals surface area (Å²) in [5.41, 5.74) is -1.05. The number of anilines is 1. The summed E-state index contributed by atoms with van der Waals surface area (Å²) < 4.78 is 5.22. The standard InChI is InChI=1S/C12H19N3O3/c1-4-6-12(3,11(16)17)15-9-7-13-8-10(14-9)18-5-2/h7-8H,4-6H2,1-3H3,(H,14,15)(H,16,17). The van der Waals surface area contributed by atoms with Crippen LogP contribution in [0.5, 0.6) is 5.88 Å². The Balaban J connectivity index is 2.87. The number of nitrogens with one attached hydrogen (secondary N) is 1. The van der Waals surface area contributed by atoms with E-state index < -0.39 is 11.5 Å². The van der Waals surface area contributed by atoms with Crippen molar-refractivity contribution in [3.05, 3.63) is 12.4 Å². The molecule has 0 aromatic carbocycles. The van der Waals surface area contributed by atoms with Crippen LogP contribution in [0.2, 0.25) is 0 Å². The molecule has 0 fully saturated rings. The zero-order valence-corrected chi connectivity index (χ0v) is 10.9. The number of carboxylic acid groups (broad SMARTS) is 1. The number of aromatic nitrogens is 2. The van der Waals surface area contributed by atoms with Crippen molar-refractivity contribution < 1.29 is 14.6 Å². The summed E-state index contributed by atoms with van der Waals surface area (Å²) >= 11 is 0. The van der Waals surface area contributed by atoms with Crippen molar-refractivity contribution in [3.63, 3.8) is 0 Å². The summed E-state index contributed by atoms with van der Waals surface area (Å²) in [6, 6.07) is 0. The molecule has 0 radical (unpaired) electrons. The highest BCUT2D eigenvalue weighted by atomic mass is 16.5. The minimum atomic E-state index is -1.05. The molecule has 1 rings (SSSR count). The maximum absolute atomic E-state index is 11.3. The van der Waals surface area contributed by atoms with Crippen LogP contribution in [0.4, 0.5) is 5.82 Å². The van der Waals surface area contributed by atoms with E-state index in [1.807, 2.05) is 13.8 Å². The third-order valence-electron chi connectivity index (χ3n) is 2.53. The maximum Gasteiger partial charge on any atom is 0.329 e. The molecule has 1 aromatic heterocycles. The van der Waals surface area contributed by atoms with Gasteiger partial charge in [-0.3, -0.25) is 4.98 Å². The summed E-state index contributed by atoms with van der Waals surface area (Å²) in [5, 5.41) is 12.2. The Morgan fingerprint density at radius 2 is 2.22 bits per heavy atom. The van der Waals surface area contributed by atoms with Crippen molar-refractivity contribution in [2.24, 2.45) is 0 Å². The van der Waals surface area contributed by atoms with Gasteiger partial charge in [0.05, 0.1) is 19.0 Å². The number of hydrogen-bond donors (Lipinski definition) is 2. The molecule has 0 saturated heterocycles. The van der Waals surface area contributed by atoms with Crippen molar-refractivity contribution in [3.8, 4) is 5.88 Å². The van der Waals surface area contributed by atoms with E-state index in [9.17, 15) is 9.90 Å². The smallest absolute Gasteiger partial charge is 0.329 e. The van der Waals surface area contributed by atoms with E-state index in [-0.39, 0.29) is 0 Å². The van der Waals surface area contributed by atoms with Gasteiger partial charge in [-0.1, -0.05) is 13.3 Å². The third kappa shape index (κ3) is 3.58. The van der Waals surface area contributed by atoms with Crippen LogP contribution in [-0.4, -0.2) is 33.2 Å². The van der Waals surface area contributed by atoms with Gasteiger partial charge in [0.1, 0.15) is 11.4 Å². The molecule has 1 atom stereocenters. The molecular weight excluding hydrogens is 234 g/mol. The quantitative estimate of drug-likeness (QED) is 0.772. The molecule has 0 aliphatic carbocycles. The van der Waals surface area contributed by atoms with Crippen LogP contribution in [0.1, 0.15) is 33.6 Å².